The topological polar surface area (TPSA) is 84.2 Å². The summed E-state index contributed by atoms with van der Waals surface area (Å²) in [6, 6.07) is 0. The number of aromatic nitrogens is 2. The SMILES string of the molecule is O=C(O)[C@H]1CC=CC[C@H]1C(=O)NCCn1cc(Cl)cn1. The van der Waals surface area contributed by atoms with E-state index < -0.39 is 17.8 Å². The molecule has 1 amide bonds. The largest absolute Gasteiger partial charge is 0.481 e. The molecule has 6 nitrogen and oxygen atoms in total. The van der Waals surface area contributed by atoms with Crippen LogP contribution in [0.4, 0.5) is 0 Å². The van der Waals surface area contributed by atoms with Gasteiger partial charge in [-0.2, -0.15) is 5.10 Å². The van der Waals surface area contributed by atoms with Crippen molar-refractivity contribution in [1.82, 2.24) is 15.1 Å². The Balaban J connectivity index is 1.84. The Hall–Kier alpha value is -1.82. The van der Waals surface area contributed by atoms with Crippen molar-refractivity contribution < 1.29 is 14.7 Å². The zero-order valence-electron chi connectivity index (χ0n) is 10.8. The van der Waals surface area contributed by atoms with Crippen LogP contribution in [-0.4, -0.2) is 33.3 Å². The van der Waals surface area contributed by atoms with Crippen LogP contribution in [0.15, 0.2) is 24.5 Å². The first-order valence-electron chi connectivity index (χ1n) is 6.41. The lowest BCUT2D eigenvalue weighted by Crippen LogP contribution is -2.39. The molecule has 2 N–H and O–H groups in total. The van der Waals surface area contributed by atoms with E-state index in [0.717, 1.165) is 0 Å². The molecule has 0 spiro atoms. The quantitative estimate of drug-likeness (QED) is 0.803. The highest BCUT2D eigenvalue weighted by Gasteiger charge is 2.33. The molecular formula is C13H16ClN3O3. The summed E-state index contributed by atoms with van der Waals surface area (Å²) in [6.45, 7) is 0.891. The number of allylic oxidation sites excluding steroid dienone is 2. The number of hydrogen-bond donors (Lipinski definition) is 2. The van der Waals surface area contributed by atoms with Gasteiger partial charge in [0, 0.05) is 12.7 Å². The van der Waals surface area contributed by atoms with E-state index in [-0.39, 0.29) is 5.91 Å². The van der Waals surface area contributed by atoms with E-state index in [9.17, 15) is 9.59 Å². The number of nitrogens with zero attached hydrogens (tertiary/aromatic N) is 2. The minimum absolute atomic E-state index is 0.222. The van der Waals surface area contributed by atoms with Gasteiger partial charge in [0.05, 0.1) is 29.6 Å². The number of halogens is 1. The second-order valence-electron chi connectivity index (χ2n) is 4.71. The van der Waals surface area contributed by atoms with Gasteiger partial charge in [0.25, 0.3) is 0 Å². The van der Waals surface area contributed by atoms with E-state index in [1.165, 1.54) is 6.20 Å². The number of carboxylic acids is 1. The third-order valence-electron chi connectivity index (χ3n) is 3.33. The van der Waals surface area contributed by atoms with Crippen molar-refractivity contribution >= 4 is 23.5 Å². The summed E-state index contributed by atoms with van der Waals surface area (Å²) in [5.41, 5.74) is 0. The molecule has 7 heteroatoms. The first kappa shape index (κ1) is 14.6. The Morgan fingerprint density at radius 1 is 1.40 bits per heavy atom. The smallest absolute Gasteiger partial charge is 0.307 e. The van der Waals surface area contributed by atoms with Gasteiger partial charge >= 0.3 is 5.97 Å². The zero-order valence-corrected chi connectivity index (χ0v) is 11.6. The highest BCUT2D eigenvalue weighted by molar-refractivity contribution is 6.30. The van der Waals surface area contributed by atoms with Gasteiger partial charge in [-0.25, -0.2) is 0 Å². The van der Waals surface area contributed by atoms with Gasteiger partial charge in [-0.1, -0.05) is 23.8 Å². The number of amides is 1. The Kier molecular flexibility index (Phi) is 4.79. The van der Waals surface area contributed by atoms with Crippen LogP contribution in [0.3, 0.4) is 0 Å². The van der Waals surface area contributed by atoms with E-state index in [2.05, 4.69) is 10.4 Å². The average molecular weight is 298 g/mol. The van der Waals surface area contributed by atoms with Crippen molar-refractivity contribution in [3.8, 4) is 0 Å². The second-order valence-corrected chi connectivity index (χ2v) is 5.14. The molecule has 0 bridgehead atoms. The Bertz CT molecular complexity index is 527. The van der Waals surface area contributed by atoms with Crippen LogP contribution in [0.2, 0.25) is 5.02 Å². The van der Waals surface area contributed by atoms with Gasteiger partial charge < -0.3 is 10.4 Å². The molecule has 1 aromatic heterocycles. The van der Waals surface area contributed by atoms with Crippen molar-refractivity contribution in [1.29, 1.82) is 0 Å². The summed E-state index contributed by atoms with van der Waals surface area (Å²) < 4.78 is 1.62. The van der Waals surface area contributed by atoms with Crippen molar-refractivity contribution in [3.05, 3.63) is 29.6 Å². The summed E-state index contributed by atoms with van der Waals surface area (Å²) in [6.07, 6.45) is 7.73. The van der Waals surface area contributed by atoms with Crippen molar-refractivity contribution in [3.63, 3.8) is 0 Å². The fourth-order valence-electron chi connectivity index (χ4n) is 2.26. The Morgan fingerprint density at radius 2 is 2.10 bits per heavy atom. The maximum Gasteiger partial charge on any atom is 0.307 e. The lowest BCUT2D eigenvalue weighted by atomic mass is 9.82. The number of carbonyl (C=O) groups is 2. The molecule has 1 aromatic rings. The molecule has 0 fully saturated rings. The van der Waals surface area contributed by atoms with E-state index in [1.807, 2.05) is 12.2 Å². The fraction of sp³-hybridized carbons (Fsp3) is 0.462. The first-order chi connectivity index (χ1) is 9.58. The van der Waals surface area contributed by atoms with Crippen LogP contribution >= 0.6 is 11.6 Å². The number of aliphatic carboxylic acids is 1. The van der Waals surface area contributed by atoms with Gasteiger partial charge in [-0.3, -0.25) is 14.3 Å². The first-order valence-corrected chi connectivity index (χ1v) is 6.79. The van der Waals surface area contributed by atoms with Crippen LogP contribution in [0.1, 0.15) is 12.8 Å². The predicted molar refractivity (Wildman–Crippen MR) is 73.2 cm³/mol. The minimum atomic E-state index is -0.923. The predicted octanol–water partition coefficient (Wildman–Crippen LogP) is 1.32. The molecule has 108 valence electrons. The molecule has 2 rings (SSSR count). The molecule has 20 heavy (non-hydrogen) atoms. The van der Waals surface area contributed by atoms with Crippen LogP contribution in [0.25, 0.3) is 0 Å². The molecule has 0 saturated carbocycles. The minimum Gasteiger partial charge on any atom is -0.481 e. The van der Waals surface area contributed by atoms with Crippen LogP contribution in [0.5, 0.6) is 0 Å². The number of carboxylic acid groups (broad SMARTS) is 1. The fourth-order valence-corrected chi connectivity index (χ4v) is 2.42. The van der Waals surface area contributed by atoms with Crippen molar-refractivity contribution in [2.45, 2.75) is 19.4 Å². The normalized spacial score (nSPS) is 21.6. The van der Waals surface area contributed by atoms with E-state index in [0.29, 0.717) is 31.0 Å². The van der Waals surface area contributed by atoms with Crippen LogP contribution in [0, 0.1) is 11.8 Å². The lowest BCUT2D eigenvalue weighted by Gasteiger charge is -2.24. The zero-order chi connectivity index (χ0) is 14.5. The average Bonchev–Trinajstić information content (AvgIpc) is 2.84. The van der Waals surface area contributed by atoms with Crippen molar-refractivity contribution in [2.75, 3.05) is 6.54 Å². The molecule has 0 saturated heterocycles. The van der Waals surface area contributed by atoms with Gasteiger partial charge in [0.15, 0.2) is 0 Å². The second kappa shape index (κ2) is 6.56. The molecule has 1 aliphatic carbocycles. The van der Waals surface area contributed by atoms with E-state index in [1.54, 1.807) is 10.9 Å². The van der Waals surface area contributed by atoms with E-state index >= 15 is 0 Å². The number of nitrogens with one attached hydrogen (secondary N) is 1. The number of rotatable bonds is 5. The highest BCUT2D eigenvalue weighted by atomic mass is 35.5. The Labute approximate surface area is 121 Å². The van der Waals surface area contributed by atoms with Crippen LogP contribution < -0.4 is 5.32 Å². The standard InChI is InChI=1S/C13H16ClN3O3/c14-9-7-16-17(8-9)6-5-15-12(18)10-3-1-2-4-11(10)13(19)20/h1-2,7-8,10-11H,3-6H2,(H,15,18)(H,19,20)/t10-,11+/m1/s1. The molecule has 0 unspecified atom stereocenters. The summed E-state index contributed by atoms with van der Waals surface area (Å²) >= 11 is 5.73. The van der Waals surface area contributed by atoms with Gasteiger partial charge in [-0.05, 0) is 12.8 Å². The molecule has 0 radical (unpaired) electrons. The lowest BCUT2D eigenvalue weighted by molar-refractivity contribution is -0.147. The van der Waals surface area contributed by atoms with Gasteiger partial charge in [-0.15, -0.1) is 0 Å². The third-order valence-corrected chi connectivity index (χ3v) is 3.52. The van der Waals surface area contributed by atoms with E-state index in [4.69, 9.17) is 16.7 Å². The maximum atomic E-state index is 12.0. The molecule has 1 aliphatic rings. The summed E-state index contributed by atoms with van der Waals surface area (Å²) in [4.78, 5) is 23.2. The van der Waals surface area contributed by atoms with Crippen LogP contribution in [-0.2, 0) is 16.1 Å². The number of carbonyl (C=O) groups excluding carboxylic acids is 1. The molecule has 1 heterocycles. The maximum absolute atomic E-state index is 12.0. The summed E-state index contributed by atoms with van der Waals surface area (Å²) in [5, 5.41) is 16.4. The molecule has 2 atom stereocenters. The molecule has 0 aromatic carbocycles. The highest BCUT2D eigenvalue weighted by Crippen LogP contribution is 2.25. The Morgan fingerprint density at radius 3 is 2.70 bits per heavy atom. The van der Waals surface area contributed by atoms with Crippen molar-refractivity contribution in [2.24, 2.45) is 11.8 Å². The monoisotopic (exact) mass is 297 g/mol. The third kappa shape index (κ3) is 3.60. The number of hydrogen-bond acceptors (Lipinski definition) is 3. The molecular weight excluding hydrogens is 282 g/mol. The molecule has 0 aliphatic heterocycles. The van der Waals surface area contributed by atoms with Gasteiger partial charge in [0.2, 0.25) is 5.91 Å². The van der Waals surface area contributed by atoms with Gasteiger partial charge in [0.1, 0.15) is 0 Å². The summed E-state index contributed by atoms with van der Waals surface area (Å²) in [5.74, 6) is -2.29. The summed E-state index contributed by atoms with van der Waals surface area (Å²) in [7, 11) is 0.